The predicted molar refractivity (Wildman–Crippen MR) is 97.0 cm³/mol. The number of ether oxygens (including phenoxy) is 1. The number of halogens is 4. The quantitative estimate of drug-likeness (QED) is 0.394. The number of guanidine groups is 1. The predicted octanol–water partition coefficient (Wildman–Crippen LogP) is 3.40. The Balaban J connectivity index is 1.79. The van der Waals surface area contributed by atoms with Gasteiger partial charge in [0, 0.05) is 12.2 Å². The molecule has 2 rings (SSSR count). The van der Waals surface area contributed by atoms with Crippen molar-refractivity contribution in [1.29, 1.82) is 0 Å². The van der Waals surface area contributed by atoms with Crippen LogP contribution in [0, 0.1) is 0 Å². The van der Waals surface area contributed by atoms with Gasteiger partial charge in [0.05, 0.1) is 17.1 Å². The Morgan fingerprint density at radius 1 is 1.15 bits per heavy atom. The standard InChI is InChI=1S/C17H16ClF3N4O2/c18-14-4-2-1-3-13(14)15(26)23-9-10-24-16(22)25-11-5-7-12(8-6-11)27-17(19,20)21/h1-8H,9-10H2,(H,23,26)(H3,22,24,25). The minimum atomic E-state index is -4.75. The molecule has 2 aromatic rings. The number of hydrogen-bond donors (Lipinski definition) is 3. The Morgan fingerprint density at radius 2 is 1.81 bits per heavy atom. The average Bonchev–Trinajstić information content (AvgIpc) is 2.59. The fourth-order valence-electron chi connectivity index (χ4n) is 2.01. The van der Waals surface area contributed by atoms with Crippen LogP contribution in [0.2, 0.25) is 5.02 Å². The molecule has 0 atom stereocenters. The fraction of sp³-hybridized carbons (Fsp3) is 0.176. The van der Waals surface area contributed by atoms with Gasteiger partial charge in [-0.25, -0.2) is 0 Å². The molecule has 6 nitrogen and oxygen atoms in total. The second kappa shape index (κ2) is 9.13. The number of alkyl halides is 3. The van der Waals surface area contributed by atoms with E-state index >= 15 is 0 Å². The molecule has 0 aromatic heterocycles. The Hall–Kier alpha value is -2.94. The first-order valence-electron chi connectivity index (χ1n) is 7.70. The zero-order valence-electron chi connectivity index (χ0n) is 13.9. The molecule has 0 unspecified atom stereocenters. The molecule has 144 valence electrons. The summed E-state index contributed by atoms with van der Waals surface area (Å²) >= 11 is 5.93. The molecule has 0 saturated carbocycles. The number of benzene rings is 2. The van der Waals surface area contributed by atoms with Crippen molar-refractivity contribution in [2.45, 2.75) is 6.36 Å². The lowest BCUT2D eigenvalue weighted by Crippen LogP contribution is -2.28. The summed E-state index contributed by atoms with van der Waals surface area (Å²) in [5, 5.41) is 5.71. The Bertz CT molecular complexity index is 811. The molecule has 0 aliphatic heterocycles. The van der Waals surface area contributed by atoms with Crippen molar-refractivity contribution < 1.29 is 22.7 Å². The number of carbonyl (C=O) groups is 1. The lowest BCUT2D eigenvalue weighted by Gasteiger charge is -2.10. The smallest absolute Gasteiger partial charge is 0.406 e. The number of amides is 1. The van der Waals surface area contributed by atoms with Gasteiger partial charge < -0.3 is 21.1 Å². The van der Waals surface area contributed by atoms with Crippen LogP contribution in [0.15, 0.2) is 53.5 Å². The minimum absolute atomic E-state index is 0.0477. The van der Waals surface area contributed by atoms with Crippen LogP contribution in [0.25, 0.3) is 0 Å². The van der Waals surface area contributed by atoms with E-state index in [1.54, 1.807) is 24.3 Å². The highest BCUT2D eigenvalue weighted by Gasteiger charge is 2.30. The molecule has 0 spiro atoms. The van der Waals surface area contributed by atoms with Crippen molar-refractivity contribution in [3.8, 4) is 5.75 Å². The number of rotatable bonds is 6. The molecule has 1 amide bonds. The first-order valence-corrected chi connectivity index (χ1v) is 8.08. The molecule has 0 aliphatic rings. The first kappa shape index (κ1) is 20.4. The number of hydrogen-bond acceptors (Lipinski definition) is 3. The molecule has 27 heavy (non-hydrogen) atoms. The molecule has 4 N–H and O–H groups in total. The third-order valence-corrected chi connectivity index (χ3v) is 3.49. The number of nitrogens with one attached hydrogen (secondary N) is 2. The number of nitrogens with two attached hydrogens (primary N) is 1. The molecule has 0 heterocycles. The summed E-state index contributed by atoms with van der Waals surface area (Å²) < 4.78 is 40.1. The van der Waals surface area contributed by atoms with E-state index in [-0.39, 0.29) is 30.7 Å². The number of aliphatic imine (C=N–C) groups is 1. The van der Waals surface area contributed by atoms with E-state index in [9.17, 15) is 18.0 Å². The van der Waals surface area contributed by atoms with Crippen LogP contribution in [0.3, 0.4) is 0 Å². The van der Waals surface area contributed by atoms with E-state index in [1.807, 2.05) is 0 Å². The minimum Gasteiger partial charge on any atom is -0.406 e. The van der Waals surface area contributed by atoms with Crippen LogP contribution in [0.5, 0.6) is 5.75 Å². The van der Waals surface area contributed by atoms with Crippen LogP contribution in [0.1, 0.15) is 10.4 Å². The Labute approximate surface area is 158 Å². The van der Waals surface area contributed by atoms with Crippen LogP contribution in [-0.2, 0) is 0 Å². The fourth-order valence-corrected chi connectivity index (χ4v) is 2.24. The van der Waals surface area contributed by atoms with E-state index in [0.717, 1.165) is 12.1 Å². The van der Waals surface area contributed by atoms with Gasteiger partial charge in [-0.15, -0.1) is 13.2 Å². The largest absolute Gasteiger partial charge is 0.573 e. The van der Waals surface area contributed by atoms with Crippen LogP contribution < -0.4 is 21.1 Å². The normalized spacial score (nSPS) is 11.8. The maximum absolute atomic E-state index is 12.1. The zero-order valence-corrected chi connectivity index (χ0v) is 14.6. The second-order valence-electron chi connectivity index (χ2n) is 5.20. The molecule has 10 heteroatoms. The van der Waals surface area contributed by atoms with Gasteiger partial charge in [0.25, 0.3) is 5.91 Å². The zero-order chi connectivity index (χ0) is 19.9. The summed E-state index contributed by atoms with van der Waals surface area (Å²) in [7, 11) is 0. The molecule has 0 aliphatic carbocycles. The van der Waals surface area contributed by atoms with Crippen molar-refractivity contribution in [1.82, 2.24) is 5.32 Å². The Morgan fingerprint density at radius 3 is 2.44 bits per heavy atom. The van der Waals surface area contributed by atoms with Crippen LogP contribution >= 0.6 is 11.6 Å². The number of carbonyl (C=O) groups excluding carboxylic acids is 1. The summed E-state index contributed by atoms with van der Waals surface area (Å²) in [6, 6.07) is 11.7. The van der Waals surface area contributed by atoms with Crippen molar-refractivity contribution >= 4 is 29.2 Å². The maximum Gasteiger partial charge on any atom is 0.573 e. The average molecular weight is 401 g/mol. The van der Waals surface area contributed by atoms with Crippen molar-refractivity contribution in [3.05, 3.63) is 59.1 Å². The van der Waals surface area contributed by atoms with Gasteiger partial charge in [0.1, 0.15) is 5.75 Å². The van der Waals surface area contributed by atoms with Crippen molar-refractivity contribution in [2.24, 2.45) is 10.7 Å². The molecule has 0 fully saturated rings. The van der Waals surface area contributed by atoms with Gasteiger partial charge in [0.2, 0.25) is 0 Å². The molecule has 0 radical (unpaired) electrons. The number of anilines is 1. The third kappa shape index (κ3) is 7.06. The van der Waals surface area contributed by atoms with E-state index in [0.29, 0.717) is 16.3 Å². The molecular formula is C17H16ClF3N4O2. The van der Waals surface area contributed by atoms with Gasteiger partial charge in [-0.3, -0.25) is 9.79 Å². The van der Waals surface area contributed by atoms with Gasteiger partial charge in [-0.2, -0.15) is 0 Å². The molecular weight excluding hydrogens is 385 g/mol. The van der Waals surface area contributed by atoms with Gasteiger partial charge in [0.15, 0.2) is 5.96 Å². The maximum atomic E-state index is 12.1. The van der Waals surface area contributed by atoms with E-state index in [2.05, 4.69) is 20.4 Å². The summed E-state index contributed by atoms with van der Waals surface area (Å²) in [6.45, 7) is 0.426. The lowest BCUT2D eigenvalue weighted by atomic mass is 10.2. The van der Waals surface area contributed by atoms with Crippen molar-refractivity contribution in [2.75, 3.05) is 18.4 Å². The molecule has 0 bridgehead atoms. The molecule has 2 aromatic carbocycles. The van der Waals surface area contributed by atoms with Crippen LogP contribution in [-0.4, -0.2) is 31.3 Å². The summed E-state index contributed by atoms with van der Waals surface area (Å²) in [4.78, 5) is 16.0. The van der Waals surface area contributed by atoms with Crippen molar-refractivity contribution in [3.63, 3.8) is 0 Å². The highest BCUT2D eigenvalue weighted by molar-refractivity contribution is 6.33. The Kier molecular flexibility index (Phi) is 6.89. The SMILES string of the molecule is NC(=NCCNC(=O)c1ccccc1Cl)Nc1ccc(OC(F)(F)F)cc1. The highest BCUT2D eigenvalue weighted by atomic mass is 35.5. The second-order valence-corrected chi connectivity index (χ2v) is 5.61. The first-order chi connectivity index (χ1) is 12.7. The van der Waals surface area contributed by atoms with E-state index in [1.165, 1.54) is 12.1 Å². The summed E-state index contributed by atoms with van der Waals surface area (Å²) in [5.74, 6) is -0.625. The van der Waals surface area contributed by atoms with Gasteiger partial charge in [-0.05, 0) is 36.4 Å². The number of nitrogens with zero attached hydrogens (tertiary/aromatic N) is 1. The summed E-state index contributed by atoms with van der Waals surface area (Å²) in [6.07, 6.45) is -4.75. The van der Waals surface area contributed by atoms with E-state index in [4.69, 9.17) is 17.3 Å². The monoisotopic (exact) mass is 400 g/mol. The topological polar surface area (TPSA) is 88.7 Å². The van der Waals surface area contributed by atoms with Gasteiger partial charge >= 0.3 is 6.36 Å². The van der Waals surface area contributed by atoms with Gasteiger partial charge in [-0.1, -0.05) is 23.7 Å². The highest BCUT2D eigenvalue weighted by Crippen LogP contribution is 2.23. The summed E-state index contributed by atoms with van der Waals surface area (Å²) in [5.41, 5.74) is 6.48. The lowest BCUT2D eigenvalue weighted by molar-refractivity contribution is -0.274. The van der Waals surface area contributed by atoms with Crippen LogP contribution in [0.4, 0.5) is 18.9 Å². The molecule has 0 saturated heterocycles. The third-order valence-electron chi connectivity index (χ3n) is 3.16. The van der Waals surface area contributed by atoms with E-state index < -0.39 is 6.36 Å².